The number of ether oxygens (including phenoxy) is 2. The van der Waals surface area contributed by atoms with Crippen LogP contribution >= 0.6 is 0 Å². The predicted molar refractivity (Wildman–Crippen MR) is 93.8 cm³/mol. The highest BCUT2D eigenvalue weighted by Gasteiger charge is 2.46. The van der Waals surface area contributed by atoms with Crippen LogP contribution in [0.2, 0.25) is 0 Å². The average molecular weight is 331 g/mol. The quantitative estimate of drug-likeness (QED) is 0.923. The lowest BCUT2D eigenvalue weighted by Gasteiger charge is -2.36. The van der Waals surface area contributed by atoms with Crippen molar-refractivity contribution in [1.82, 2.24) is 5.32 Å². The molecule has 4 heteroatoms. The summed E-state index contributed by atoms with van der Waals surface area (Å²) in [5.41, 5.74) is 3.49. The Kier molecular flexibility index (Phi) is 4.97. The van der Waals surface area contributed by atoms with Crippen LogP contribution in [-0.2, 0) is 20.7 Å². The fourth-order valence-electron chi connectivity index (χ4n) is 3.78. The molecule has 1 saturated heterocycles. The molecule has 2 aliphatic rings. The van der Waals surface area contributed by atoms with Gasteiger partial charge in [-0.2, -0.15) is 0 Å². The summed E-state index contributed by atoms with van der Waals surface area (Å²) in [5, 5.41) is 3.19. The smallest absolute Gasteiger partial charge is 0.224 e. The first kappa shape index (κ1) is 17.4. The van der Waals surface area contributed by atoms with Crippen LogP contribution in [0.3, 0.4) is 0 Å². The Bertz CT molecular complexity index is 593. The molecule has 132 valence electrons. The largest absolute Gasteiger partial charge is 0.353 e. The lowest BCUT2D eigenvalue weighted by atomic mass is 9.89. The van der Waals surface area contributed by atoms with E-state index in [9.17, 15) is 4.79 Å². The summed E-state index contributed by atoms with van der Waals surface area (Å²) in [6.45, 7) is 8.25. The standard InChI is InChI=1S/C20H29NO3/c1-13-5-6-14(2)17(11-13)12-19(22)21-18-7-9-20(10-8-18)23-15(3)16(4)24-20/h5-6,11,15-16,18H,7-10,12H2,1-4H3,(H,21,22). The maximum Gasteiger partial charge on any atom is 0.224 e. The summed E-state index contributed by atoms with van der Waals surface area (Å²) < 4.78 is 12.1. The van der Waals surface area contributed by atoms with Gasteiger partial charge in [0.2, 0.25) is 5.91 Å². The number of rotatable bonds is 3. The highest BCUT2D eigenvalue weighted by atomic mass is 16.8. The minimum Gasteiger partial charge on any atom is -0.353 e. The topological polar surface area (TPSA) is 47.6 Å². The van der Waals surface area contributed by atoms with E-state index >= 15 is 0 Å². The molecule has 1 aliphatic heterocycles. The second kappa shape index (κ2) is 6.85. The van der Waals surface area contributed by atoms with Gasteiger partial charge < -0.3 is 14.8 Å². The Morgan fingerprint density at radius 2 is 1.79 bits per heavy atom. The van der Waals surface area contributed by atoms with E-state index in [0.717, 1.165) is 31.2 Å². The molecule has 1 heterocycles. The van der Waals surface area contributed by atoms with Gasteiger partial charge in [0.25, 0.3) is 0 Å². The molecule has 1 aliphatic carbocycles. The Hall–Kier alpha value is -1.39. The van der Waals surface area contributed by atoms with Crippen LogP contribution in [0, 0.1) is 13.8 Å². The molecule has 1 spiro atoms. The van der Waals surface area contributed by atoms with E-state index < -0.39 is 5.79 Å². The first-order valence-corrected chi connectivity index (χ1v) is 9.08. The molecular weight excluding hydrogens is 302 g/mol. The molecule has 1 N–H and O–H groups in total. The van der Waals surface area contributed by atoms with E-state index in [2.05, 4.69) is 51.2 Å². The highest BCUT2D eigenvalue weighted by molar-refractivity contribution is 5.79. The number of carbonyl (C=O) groups is 1. The summed E-state index contributed by atoms with van der Waals surface area (Å²) in [6.07, 6.45) is 4.30. The second-order valence-corrected chi connectivity index (χ2v) is 7.51. The molecule has 4 nitrogen and oxygen atoms in total. The second-order valence-electron chi connectivity index (χ2n) is 7.51. The van der Waals surface area contributed by atoms with Gasteiger partial charge in [-0.15, -0.1) is 0 Å². The molecule has 0 aromatic heterocycles. The van der Waals surface area contributed by atoms with Gasteiger partial charge in [-0.25, -0.2) is 0 Å². The lowest BCUT2D eigenvalue weighted by molar-refractivity contribution is -0.194. The van der Waals surface area contributed by atoms with E-state index in [0.29, 0.717) is 6.42 Å². The SMILES string of the molecule is Cc1ccc(C)c(CC(=O)NC2CCC3(CC2)OC(C)C(C)O3)c1. The van der Waals surface area contributed by atoms with Crippen LogP contribution in [0.4, 0.5) is 0 Å². The Morgan fingerprint density at radius 3 is 2.42 bits per heavy atom. The van der Waals surface area contributed by atoms with Gasteiger partial charge in [0, 0.05) is 18.9 Å². The van der Waals surface area contributed by atoms with Crippen LogP contribution in [0.25, 0.3) is 0 Å². The molecule has 2 unspecified atom stereocenters. The van der Waals surface area contributed by atoms with Crippen molar-refractivity contribution in [2.24, 2.45) is 0 Å². The molecule has 1 aromatic rings. The highest BCUT2D eigenvalue weighted by Crippen LogP contribution is 2.40. The number of nitrogens with one attached hydrogen (secondary N) is 1. The normalized spacial score (nSPS) is 32.9. The Morgan fingerprint density at radius 1 is 1.17 bits per heavy atom. The molecule has 1 aromatic carbocycles. The molecule has 0 bridgehead atoms. The first-order chi connectivity index (χ1) is 11.4. The van der Waals surface area contributed by atoms with Gasteiger partial charge in [0.1, 0.15) is 0 Å². The van der Waals surface area contributed by atoms with Crippen LogP contribution < -0.4 is 5.32 Å². The maximum atomic E-state index is 12.4. The summed E-state index contributed by atoms with van der Waals surface area (Å²) in [7, 11) is 0. The summed E-state index contributed by atoms with van der Waals surface area (Å²) in [5.74, 6) is -0.299. The predicted octanol–water partition coefficient (Wildman–Crippen LogP) is 3.42. The molecule has 24 heavy (non-hydrogen) atoms. The zero-order valence-corrected chi connectivity index (χ0v) is 15.2. The molecule has 3 rings (SSSR count). The number of carbonyl (C=O) groups excluding carboxylic acids is 1. The molecular formula is C20H29NO3. The third-order valence-corrected chi connectivity index (χ3v) is 5.43. The summed E-state index contributed by atoms with van der Waals surface area (Å²) in [4.78, 5) is 12.4. The van der Waals surface area contributed by atoms with E-state index in [1.807, 2.05) is 0 Å². The molecule has 2 fully saturated rings. The van der Waals surface area contributed by atoms with Gasteiger partial charge in [0.15, 0.2) is 5.79 Å². The van der Waals surface area contributed by atoms with Crippen molar-refractivity contribution < 1.29 is 14.3 Å². The van der Waals surface area contributed by atoms with Crippen molar-refractivity contribution in [1.29, 1.82) is 0 Å². The number of hydrogen-bond donors (Lipinski definition) is 1. The zero-order chi connectivity index (χ0) is 17.3. The molecule has 1 amide bonds. The molecule has 1 saturated carbocycles. The minimum atomic E-state index is -0.410. The van der Waals surface area contributed by atoms with Crippen molar-refractivity contribution in [3.63, 3.8) is 0 Å². The van der Waals surface area contributed by atoms with Gasteiger partial charge >= 0.3 is 0 Å². The number of aryl methyl sites for hydroxylation is 2. The van der Waals surface area contributed by atoms with Crippen LogP contribution in [0.15, 0.2) is 18.2 Å². The van der Waals surface area contributed by atoms with Crippen molar-refractivity contribution in [3.05, 3.63) is 34.9 Å². The van der Waals surface area contributed by atoms with Crippen molar-refractivity contribution in [2.75, 3.05) is 0 Å². The van der Waals surface area contributed by atoms with Crippen LogP contribution in [0.1, 0.15) is 56.2 Å². The van der Waals surface area contributed by atoms with Gasteiger partial charge in [0.05, 0.1) is 18.6 Å². The first-order valence-electron chi connectivity index (χ1n) is 9.08. The molecule has 0 radical (unpaired) electrons. The Labute approximate surface area is 144 Å². The van der Waals surface area contributed by atoms with E-state index in [-0.39, 0.29) is 24.2 Å². The van der Waals surface area contributed by atoms with Gasteiger partial charge in [-0.1, -0.05) is 23.8 Å². The van der Waals surface area contributed by atoms with Crippen molar-refractivity contribution >= 4 is 5.91 Å². The van der Waals surface area contributed by atoms with Crippen LogP contribution in [0.5, 0.6) is 0 Å². The lowest BCUT2D eigenvalue weighted by Crippen LogP contribution is -2.44. The maximum absolute atomic E-state index is 12.4. The number of amides is 1. The number of hydrogen-bond acceptors (Lipinski definition) is 3. The Balaban J connectivity index is 1.51. The third-order valence-electron chi connectivity index (χ3n) is 5.43. The van der Waals surface area contributed by atoms with E-state index in [1.54, 1.807) is 0 Å². The van der Waals surface area contributed by atoms with Gasteiger partial charge in [-0.3, -0.25) is 4.79 Å². The summed E-state index contributed by atoms with van der Waals surface area (Å²) in [6, 6.07) is 6.50. The van der Waals surface area contributed by atoms with E-state index in [4.69, 9.17) is 9.47 Å². The summed E-state index contributed by atoms with van der Waals surface area (Å²) >= 11 is 0. The molecule has 2 atom stereocenters. The average Bonchev–Trinajstić information content (AvgIpc) is 2.80. The third kappa shape index (κ3) is 3.81. The van der Waals surface area contributed by atoms with Crippen molar-refractivity contribution in [3.8, 4) is 0 Å². The fraction of sp³-hybridized carbons (Fsp3) is 0.650. The number of benzene rings is 1. The minimum absolute atomic E-state index is 0.111. The fourth-order valence-corrected chi connectivity index (χ4v) is 3.78. The zero-order valence-electron chi connectivity index (χ0n) is 15.2. The van der Waals surface area contributed by atoms with Crippen molar-refractivity contribution in [2.45, 2.75) is 83.8 Å². The van der Waals surface area contributed by atoms with Crippen LogP contribution in [-0.4, -0.2) is 29.9 Å². The monoisotopic (exact) mass is 331 g/mol. The van der Waals surface area contributed by atoms with Gasteiger partial charge in [-0.05, 0) is 51.7 Å². The van der Waals surface area contributed by atoms with E-state index in [1.165, 1.54) is 11.1 Å².